The minimum Gasteiger partial charge on any atom is -0.390 e. The van der Waals surface area contributed by atoms with Crippen LogP contribution >= 0.6 is 0 Å². The molecule has 0 aliphatic heterocycles. The molecule has 0 saturated carbocycles. The molecule has 0 fully saturated rings. The van der Waals surface area contributed by atoms with Crippen LogP contribution in [-0.4, -0.2) is 20.1 Å². The molecule has 17 heavy (non-hydrogen) atoms. The number of alkyl halides is 3. The van der Waals surface area contributed by atoms with E-state index in [1.165, 1.54) is 23.0 Å². The molecule has 0 saturated heterocycles. The molecule has 90 valence electrons. The summed E-state index contributed by atoms with van der Waals surface area (Å²) in [5.41, 5.74) is 0.0823. The molecule has 0 unspecified atom stereocenters. The van der Waals surface area contributed by atoms with Gasteiger partial charge in [0.05, 0.1) is 24.1 Å². The van der Waals surface area contributed by atoms with Crippen molar-refractivity contribution >= 4 is 0 Å². The van der Waals surface area contributed by atoms with Crippen LogP contribution in [0.15, 0.2) is 30.5 Å². The van der Waals surface area contributed by atoms with E-state index in [4.69, 9.17) is 5.11 Å². The molecule has 0 atom stereocenters. The number of hydrogen-bond donors (Lipinski definition) is 1. The maximum absolute atomic E-state index is 12.3. The number of rotatable bonds is 2. The van der Waals surface area contributed by atoms with E-state index in [1.54, 1.807) is 0 Å². The fourth-order valence-electron chi connectivity index (χ4n) is 1.30. The van der Waals surface area contributed by atoms with E-state index in [0.717, 1.165) is 12.1 Å². The highest BCUT2D eigenvalue weighted by Crippen LogP contribution is 2.29. The zero-order valence-electron chi connectivity index (χ0n) is 8.52. The number of hydrogen-bond acceptors (Lipinski definition) is 3. The Balaban J connectivity index is 2.29. The van der Waals surface area contributed by atoms with Crippen molar-refractivity contribution in [3.8, 4) is 5.69 Å². The van der Waals surface area contributed by atoms with E-state index in [0.29, 0.717) is 11.4 Å². The highest BCUT2D eigenvalue weighted by Gasteiger charge is 2.29. The van der Waals surface area contributed by atoms with Crippen LogP contribution in [0.2, 0.25) is 0 Å². The SMILES string of the molecule is OCc1cn(-c2ccc(C(F)(F)F)cc2)nn1. The summed E-state index contributed by atoms with van der Waals surface area (Å²) in [5, 5.41) is 16.1. The molecule has 0 radical (unpaired) electrons. The lowest BCUT2D eigenvalue weighted by Crippen LogP contribution is -2.05. The van der Waals surface area contributed by atoms with Crippen molar-refractivity contribution in [2.45, 2.75) is 12.8 Å². The van der Waals surface area contributed by atoms with Crippen LogP contribution in [0.5, 0.6) is 0 Å². The third-order valence-electron chi connectivity index (χ3n) is 2.16. The number of halogens is 3. The summed E-state index contributed by atoms with van der Waals surface area (Å²) in [6, 6.07) is 4.52. The molecule has 2 aromatic rings. The van der Waals surface area contributed by atoms with Crippen LogP contribution in [-0.2, 0) is 12.8 Å². The van der Waals surface area contributed by atoms with Gasteiger partial charge in [0.1, 0.15) is 5.69 Å². The fourth-order valence-corrected chi connectivity index (χ4v) is 1.30. The predicted octanol–water partition coefficient (Wildman–Crippen LogP) is 1.78. The molecule has 1 aromatic heterocycles. The molecule has 2 rings (SSSR count). The molecule has 1 aromatic carbocycles. The fraction of sp³-hybridized carbons (Fsp3) is 0.200. The maximum Gasteiger partial charge on any atom is 0.416 e. The van der Waals surface area contributed by atoms with Crippen molar-refractivity contribution < 1.29 is 18.3 Å². The Kier molecular flexibility index (Phi) is 2.84. The zero-order chi connectivity index (χ0) is 12.5. The van der Waals surface area contributed by atoms with E-state index in [2.05, 4.69) is 10.3 Å². The maximum atomic E-state index is 12.3. The number of benzene rings is 1. The van der Waals surface area contributed by atoms with E-state index in [1.807, 2.05) is 0 Å². The Morgan fingerprint density at radius 1 is 1.18 bits per heavy atom. The molecular weight excluding hydrogens is 235 g/mol. The van der Waals surface area contributed by atoms with Crippen LogP contribution < -0.4 is 0 Å². The Labute approximate surface area is 94.3 Å². The summed E-state index contributed by atoms with van der Waals surface area (Å²) < 4.78 is 38.2. The van der Waals surface area contributed by atoms with Gasteiger partial charge < -0.3 is 5.11 Å². The van der Waals surface area contributed by atoms with Crippen molar-refractivity contribution in [2.75, 3.05) is 0 Å². The van der Waals surface area contributed by atoms with Gasteiger partial charge in [-0.3, -0.25) is 0 Å². The van der Waals surface area contributed by atoms with E-state index in [-0.39, 0.29) is 6.61 Å². The first kappa shape index (κ1) is 11.6. The summed E-state index contributed by atoms with van der Waals surface area (Å²) in [4.78, 5) is 0. The van der Waals surface area contributed by atoms with Gasteiger partial charge in [0.2, 0.25) is 0 Å². The molecule has 0 amide bonds. The van der Waals surface area contributed by atoms with Gasteiger partial charge in [-0.2, -0.15) is 13.2 Å². The number of aromatic nitrogens is 3. The Morgan fingerprint density at radius 2 is 1.82 bits per heavy atom. The minimum absolute atomic E-state index is 0.263. The molecule has 0 spiro atoms. The number of nitrogens with zero attached hydrogens (tertiary/aromatic N) is 3. The second kappa shape index (κ2) is 4.17. The first-order valence-corrected chi connectivity index (χ1v) is 4.70. The molecule has 1 heterocycles. The summed E-state index contributed by atoms with van der Waals surface area (Å²) in [5.74, 6) is 0. The van der Waals surface area contributed by atoms with Crippen molar-refractivity contribution in [1.29, 1.82) is 0 Å². The summed E-state index contributed by atoms with van der Waals surface area (Å²) >= 11 is 0. The lowest BCUT2D eigenvalue weighted by molar-refractivity contribution is -0.137. The number of aliphatic hydroxyl groups excluding tert-OH is 1. The summed E-state index contributed by atoms with van der Waals surface area (Å²) in [7, 11) is 0. The second-order valence-corrected chi connectivity index (χ2v) is 3.36. The molecule has 0 aliphatic rings. The standard InChI is InChI=1S/C10H8F3N3O/c11-10(12,13)7-1-3-9(4-2-7)16-5-8(6-17)14-15-16/h1-5,17H,6H2. The normalized spacial score (nSPS) is 11.8. The molecule has 0 bridgehead atoms. The van der Waals surface area contributed by atoms with Gasteiger partial charge in [-0.1, -0.05) is 5.21 Å². The molecular formula is C10H8F3N3O. The lowest BCUT2D eigenvalue weighted by atomic mass is 10.2. The Hall–Kier alpha value is -1.89. The lowest BCUT2D eigenvalue weighted by Gasteiger charge is -2.07. The Bertz CT molecular complexity index is 504. The smallest absolute Gasteiger partial charge is 0.390 e. The van der Waals surface area contributed by atoms with Gasteiger partial charge in [-0.15, -0.1) is 5.10 Å². The van der Waals surface area contributed by atoms with Crippen molar-refractivity contribution in [1.82, 2.24) is 15.0 Å². The summed E-state index contributed by atoms with van der Waals surface area (Å²) in [6.45, 7) is -0.263. The van der Waals surface area contributed by atoms with Gasteiger partial charge in [0, 0.05) is 0 Å². The quantitative estimate of drug-likeness (QED) is 0.874. The van der Waals surface area contributed by atoms with Crippen molar-refractivity contribution in [3.05, 3.63) is 41.7 Å². The van der Waals surface area contributed by atoms with Gasteiger partial charge in [0.25, 0.3) is 0 Å². The van der Waals surface area contributed by atoms with E-state index < -0.39 is 11.7 Å². The summed E-state index contributed by atoms with van der Waals surface area (Å²) in [6.07, 6.45) is -2.90. The largest absolute Gasteiger partial charge is 0.416 e. The van der Waals surface area contributed by atoms with E-state index >= 15 is 0 Å². The van der Waals surface area contributed by atoms with Crippen LogP contribution in [0, 0.1) is 0 Å². The zero-order valence-corrected chi connectivity index (χ0v) is 8.52. The van der Waals surface area contributed by atoms with Crippen LogP contribution in [0.3, 0.4) is 0 Å². The van der Waals surface area contributed by atoms with Crippen LogP contribution in [0.1, 0.15) is 11.3 Å². The van der Waals surface area contributed by atoms with Gasteiger partial charge >= 0.3 is 6.18 Å². The molecule has 4 nitrogen and oxygen atoms in total. The second-order valence-electron chi connectivity index (χ2n) is 3.36. The predicted molar refractivity (Wildman–Crippen MR) is 52.3 cm³/mol. The molecule has 7 heteroatoms. The van der Waals surface area contributed by atoms with Crippen molar-refractivity contribution in [2.24, 2.45) is 0 Å². The molecule has 0 aliphatic carbocycles. The van der Waals surface area contributed by atoms with Gasteiger partial charge in [-0.25, -0.2) is 4.68 Å². The average molecular weight is 243 g/mol. The first-order valence-electron chi connectivity index (χ1n) is 4.70. The minimum atomic E-state index is -4.35. The first-order chi connectivity index (χ1) is 8.00. The van der Waals surface area contributed by atoms with Gasteiger partial charge in [-0.05, 0) is 24.3 Å². The third-order valence-corrected chi connectivity index (χ3v) is 2.16. The van der Waals surface area contributed by atoms with E-state index in [9.17, 15) is 13.2 Å². The topological polar surface area (TPSA) is 50.9 Å². The van der Waals surface area contributed by atoms with Crippen LogP contribution in [0.25, 0.3) is 5.69 Å². The van der Waals surface area contributed by atoms with Crippen molar-refractivity contribution in [3.63, 3.8) is 0 Å². The number of aliphatic hydroxyl groups is 1. The highest BCUT2D eigenvalue weighted by atomic mass is 19.4. The Morgan fingerprint density at radius 3 is 2.29 bits per heavy atom. The third kappa shape index (κ3) is 2.44. The van der Waals surface area contributed by atoms with Crippen LogP contribution in [0.4, 0.5) is 13.2 Å². The highest BCUT2D eigenvalue weighted by molar-refractivity contribution is 5.34. The van der Waals surface area contributed by atoms with Gasteiger partial charge in [0.15, 0.2) is 0 Å². The molecule has 1 N–H and O–H groups in total. The monoisotopic (exact) mass is 243 g/mol. The average Bonchev–Trinajstić information content (AvgIpc) is 2.76.